The van der Waals surface area contributed by atoms with Crippen LogP contribution >= 0.6 is 0 Å². The van der Waals surface area contributed by atoms with Gasteiger partial charge in [-0.05, 0) is 26.0 Å². The third-order valence-corrected chi connectivity index (χ3v) is 2.41. The van der Waals surface area contributed by atoms with Gasteiger partial charge < -0.3 is 5.32 Å². The lowest BCUT2D eigenvalue weighted by Crippen LogP contribution is -2.24. The Morgan fingerprint density at radius 1 is 1.47 bits per heavy atom. The Bertz CT molecular complexity index is 500. The molecule has 0 fully saturated rings. The number of carbonyl (C=O) groups is 1. The molecule has 2 rings (SSSR count). The second-order valence-electron chi connectivity index (χ2n) is 3.71. The molecule has 88 valence electrons. The minimum atomic E-state index is -0.153. The van der Waals surface area contributed by atoms with Crippen molar-refractivity contribution in [1.29, 1.82) is 0 Å². The summed E-state index contributed by atoms with van der Waals surface area (Å²) in [5.41, 5.74) is 2.77. The zero-order valence-corrected chi connectivity index (χ0v) is 9.69. The Morgan fingerprint density at radius 2 is 2.29 bits per heavy atom. The van der Waals surface area contributed by atoms with Crippen molar-refractivity contribution < 1.29 is 4.79 Å². The topological polar surface area (TPSA) is 83.6 Å². The molecule has 0 atom stereocenters. The first-order chi connectivity index (χ1) is 8.18. The molecule has 2 heterocycles. The smallest absolute Gasteiger partial charge is 0.255 e. The van der Waals surface area contributed by atoms with E-state index in [1.54, 1.807) is 19.2 Å². The SMILES string of the molecule is Cc1n[nH]c(C)c1C(=O)NCc1cccnn1. The van der Waals surface area contributed by atoms with Gasteiger partial charge in [-0.15, -0.1) is 0 Å². The number of nitrogens with one attached hydrogen (secondary N) is 2. The molecule has 0 aliphatic rings. The van der Waals surface area contributed by atoms with Gasteiger partial charge in [0.25, 0.3) is 5.91 Å². The lowest BCUT2D eigenvalue weighted by atomic mass is 10.2. The maximum atomic E-state index is 11.9. The van der Waals surface area contributed by atoms with Crippen LogP contribution in [0.25, 0.3) is 0 Å². The molecule has 0 aliphatic heterocycles. The highest BCUT2D eigenvalue weighted by molar-refractivity contribution is 5.96. The Kier molecular flexibility index (Phi) is 3.13. The molecule has 2 N–H and O–H groups in total. The summed E-state index contributed by atoms with van der Waals surface area (Å²) in [7, 11) is 0. The van der Waals surface area contributed by atoms with E-state index >= 15 is 0 Å². The quantitative estimate of drug-likeness (QED) is 0.816. The lowest BCUT2D eigenvalue weighted by Gasteiger charge is -2.04. The summed E-state index contributed by atoms with van der Waals surface area (Å²) in [6.07, 6.45) is 1.59. The molecule has 2 aromatic heterocycles. The number of H-pyrrole nitrogens is 1. The van der Waals surface area contributed by atoms with Crippen molar-refractivity contribution in [3.05, 3.63) is 41.0 Å². The van der Waals surface area contributed by atoms with Gasteiger partial charge in [-0.25, -0.2) is 0 Å². The Labute approximate surface area is 98.5 Å². The van der Waals surface area contributed by atoms with Crippen LogP contribution in [0, 0.1) is 13.8 Å². The van der Waals surface area contributed by atoms with E-state index < -0.39 is 0 Å². The number of aromatic amines is 1. The lowest BCUT2D eigenvalue weighted by molar-refractivity contribution is 0.0949. The second kappa shape index (κ2) is 4.73. The van der Waals surface area contributed by atoms with Gasteiger partial charge in [0.15, 0.2) is 0 Å². The van der Waals surface area contributed by atoms with Crippen LogP contribution in [-0.2, 0) is 6.54 Å². The monoisotopic (exact) mass is 231 g/mol. The number of nitrogens with zero attached hydrogens (tertiary/aromatic N) is 3. The number of aryl methyl sites for hydroxylation is 2. The fourth-order valence-electron chi connectivity index (χ4n) is 1.57. The highest BCUT2D eigenvalue weighted by atomic mass is 16.1. The van der Waals surface area contributed by atoms with Gasteiger partial charge >= 0.3 is 0 Å². The van der Waals surface area contributed by atoms with Crippen LogP contribution in [0.2, 0.25) is 0 Å². The number of hydrogen-bond acceptors (Lipinski definition) is 4. The molecular formula is C11H13N5O. The number of aromatic nitrogens is 4. The second-order valence-corrected chi connectivity index (χ2v) is 3.71. The van der Waals surface area contributed by atoms with Crippen molar-refractivity contribution in [1.82, 2.24) is 25.7 Å². The van der Waals surface area contributed by atoms with Gasteiger partial charge in [0, 0.05) is 11.9 Å². The highest BCUT2D eigenvalue weighted by Crippen LogP contribution is 2.08. The molecule has 0 aliphatic carbocycles. The third kappa shape index (κ3) is 2.47. The maximum absolute atomic E-state index is 11.9. The molecule has 2 aromatic rings. The minimum absolute atomic E-state index is 0.153. The summed E-state index contributed by atoms with van der Waals surface area (Å²) < 4.78 is 0. The van der Waals surface area contributed by atoms with Crippen molar-refractivity contribution in [2.24, 2.45) is 0 Å². The fourth-order valence-corrected chi connectivity index (χ4v) is 1.57. The van der Waals surface area contributed by atoms with Crippen molar-refractivity contribution in [3.63, 3.8) is 0 Å². The molecule has 0 spiro atoms. The van der Waals surface area contributed by atoms with Crippen LogP contribution in [0.4, 0.5) is 0 Å². The van der Waals surface area contributed by atoms with E-state index in [2.05, 4.69) is 25.7 Å². The number of hydrogen-bond donors (Lipinski definition) is 2. The summed E-state index contributed by atoms with van der Waals surface area (Å²) in [6, 6.07) is 3.59. The van der Waals surface area contributed by atoms with Crippen molar-refractivity contribution >= 4 is 5.91 Å². The largest absolute Gasteiger partial charge is 0.346 e. The Hall–Kier alpha value is -2.24. The van der Waals surface area contributed by atoms with E-state index in [4.69, 9.17) is 0 Å². The predicted molar refractivity (Wildman–Crippen MR) is 61.3 cm³/mol. The van der Waals surface area contributed by atoms with Crippen LogP contribution < -0.4 is 5.32 Å². The van der Waals surface area contributed by atoms with E-state index in [-0.39, 0.29) is 5.91 Å². The van der Waals surface area contributed by atoms with Crippen molar-refractivity contribution in [3.8, 4) is 0 Å². The molecule has 0 bridgehead atoms. The van der Waals surface area contributed by atoms with Crippen LogP contribution in [0.15, 0.2) is 18.3 Å². The summed E-state index contributed by atoms with van der Waals surface area (Å²) >= 11 is 0. The van der Waals surface area contributed by atoms with E-state index in [0.29, 0.717) is 17.8 Å². The number of amides is 1. The molecule has 0 saturated heterocycles. The zero-order chi connectivity index (χ0) is 12.3. The first-order valence-corrected chi connectivity index (χ1v) is 5.25. The molecule has 0 unspecified atom stereocenters. The molecule has 0 aromatic carbocycles. The first-order valence-electron chi connectivity index (χ1n) is 5.25. The molecule has 6 heteroatoms. The normalized spacial score (nSPS) is 10.2. The molecule has 6 nitrogen and oxygen atoms in total. The molecule has 1 amide bonds. The van der Waals surface area contributed by atoms with Crippen LogP contribution in [0.1, 0.15) is 27.4 Å². The first kappa shape index (κ1) is 11.3. The molecule has 17 heavy (non-hydrogen) atoms. The van der Waals surface area contributed by atoms with Gasteiger partial charge in [0.2, 0.25) is 0 Å². The van der Waals surface area contributed by atoms with Gasteiger partial charge in [-0.3, -0.25) is 9.89 Å². The van der Waals surface area contributed by atoms with Gasteiger partial charge in [0.05, 0.1) is 23.5 Å². The molecule has 0 saturated carbocycles. The number of carbonyl (C=O) groups excluding carboxylic acids is 1. The van der Waals surface area contributed by atoms with E-state index in [1.807, 2.05) is 13.0 Å². The van der Waals surface area contributed by atoms with E-state index in [9.17, 15) is 4.79 Å². The van der Waals surface area contributed by atoms with E-state index in [0.717, 1.165) is 11.4 Å². The molecular weight excluding hydrogens is 218 g/mol. The summed E-state index contributed by atoms with van der Waals surface area (Å²) in [5, 5.41) is 17.2. The standard InChI is InChI=1S/C11H13N5O/c1-7-10(8(2)15-14-7)11(17)12-6-9-4-3-5-13-16-9/h3-5H,6H2,1-2H3,(H,12,17)(H,14,15). The number of rotatable bonds is 3. The van der Waals surface area contributed by atoms with Gasteiger partial charge in [0.1, 0.15) is 0 Å². The average molecular weight is 231 g/mol. The van der Waals surface area contributed by atoms with Crippen molar-refractivity contribution in [2.75, 3.05) is 0 Å². The summed E-state index contributed by atoms with van der Waals surface area (Å²) in [5.74, 6) is -0.153. The van der Waals surface area contributed by atoms with Crippen molar-refractivity contribution in [2.45, 2.75) is 20.4 Å². The summed E-state index contributed by atoms with van der Waals surface area (Å²) in [4.78, 5) is 11.9. The summed E-state index contributed by atoms with van der Waals surface area (Å²) in [6.45, 7) is 3.97. The van der Waals surface area contributed by atoms with Crippen LogP contribution in [0.5, 0.6) is 0 Å². The van der Waals surface area contributed by atoms with Crippen LogP contribution in [-0.4, -0.2) is 26.3 Å². The molecule has 0 radical (unpaired) electrons. The predicted octanol–water partition coefficient (Wildman–Crippen LogP) is 0.747. The van der Waals surface area contributed by atoms with Gasteiger partial charge in [-0.2, -0.15) is 15.3 Å². The fraction of sp³-hybridized carbons (Fsp3) is 0.273. The maximum Gasteiger partial charge on any atom is 0.255 e. The van der Waals surface area contributed by atoms with Crippen LogP contribution in [0.3, 0.4) is 0 Å². The highest BCUT2D eigenvalue weighted by Gasteiger charge is 2.14. The Morgan fingerprint density at radius 3 is 2.88 bits per heavy atom. The third-order valence-electron chi connectivity index (χ3n) is 2.41. The van der Waals surface area contributed by atoms with E-state index in [1.165, 1.54) is 0 Å². The Balaban J connectivity index is 2.04. The minimum Gasteiger partial charge on any atom is -0.346 e. The average Bonchev–Trinajstić information content (AvgIpc) is 2.67. The van der Waals surface area contributed by atoms with Gasteiger partial charge in [-0.1, -0.05) is 0 Å². The zero-order valence-electron chi connectivity index (χ0n) is 9.69.